The van der Waals surface area contributed by atoms with E-state index in [1.165, 1.54) is 18.2 Å². The minimum atomic E-state index is -0.672. The molecule has 1 aromatic carbocycles. The molecule has 104 valence electrons. The molecule has 1 N–H and O–H groups in total. The molecule has 0 saturated heterocycles. The average Bonchev–Trinajstić information content (AvgIpc) is 3.02. The zero-order valence-corrected chi connectivity index (χ0v) is 11.7. The number of halogens is 1. The molecular formula is C16H11FN2OS. The van der Waals surface area contributed by atoms with E-state index in [0.717, 1.165) is 10.4 Å². The summed E-state index contributed by atoms with van der Waals surface area (Å²) in [5.41, 5.74) is 1.66. The summed E-state index contributed by atoms with van der Waals surface area (Å²) in [6, 6.07) is 15.6. The molecule has 0 aliphatic rings. The second kappa shape index (κ2) is 5.85. The monoisotopic (exact) mass is 298 g/mol. The number of rotatable bonds is 3. The zero-order valence-electron chi connectivity index (χ0n) is 10.9. The van der Waals surface area contributed by atoms with Gasteiger partial charge in [0.25, 0.3) is 5.91 Å². The van der Waals surface area contributed by atoms with Gasteiger partial charge in [0, 0.05) is 16.1 Å². The van der Waals surface area contributed by atoms with Crippen LogP contribution in [0, 0.1) is 5.95 Å². The van der Waals surface area contributed by atoms with Crippen molar-refractivity contribution in [3.8, 4) is 10.4 Å². The first-order valence-electron chi connectivity index (χ1n) is 6.31. The smallest absolute Gasteiger partial charge is 0.274 e. The van der Waals surface area contributed by atoms with Crippen molar-refractivity contribution in [2.24, 2.45) is 0 Å². The Balaban J connectivity index is 1.90. The Morgan fingerprint density at radius 1 is 1.05 bits per heavy atom. The summed E-state index contributed by atoms with van der Waals surface area (Å²) >= 11 is 1.59. The number of hydrogen-bond donors (Lipinski definition) is 1. The fraction of sp³-hybridized carbons (Fsp3) is 0. The van der Waals surface area contributed by atoms with Crippen LogP contribution in [0.25, 0.3) is 10.4 Å². The molecule has 0 spiro atoms. The van der Waals surface area contributed by atoms with E-state index in [0.29, 0.717) is 5.69 Å². The Morgan fingerprint density at radius 2 is 1.90 bits per heavy atom. The zero-order chi connectivity index (χ0) is 14.7. The normalized spacial score (nSPS) is 10.3. The van der Waals surface area contributed by atoms with Crippen LogP contribution in [0.15, 0.2) is 60.0 Å². The molecular weight excluding hydrogens is 287 g/mol. The second-order valence-electron chi connectivity index (χ2n) is 4.32. The van der Waals surface area contributed by atoms with Crippen molar-refractivity contribution in [2.45, 2.75) is 0 Å². The van der Waals surface area contributed by atoms with Gasteiger partial charge in [-0.3, -0.25) is 4.79 Å². The van der Waals surface area contributed by atoms with Gasteiger partial charge in [-0.05, 0) is 29.6 Å². The third kappa shape index (κ3) is 2.98. The number of thiophene rings is 1. The van der Waals surface area contributed by atoms with E-state index >= 15 is 0 Å². The van der Waals surface area contributed by atoms with Crippen molar-refractivity contribution < 1.29 is 9.18 Å². The van der Waals surface area contributed by atoms with Crippen LogP contribution < -0.4 is 5.32 Å². The number of benzene rings is 1. The third-order valence-corrected chi connectivity index (χ3v) is 3.81. The van der Waals surface area contributed by atoms with Crippen molar-refractivity contribution in [2.75, 3.05) is 5.32 Å². The summed E-state index contributed by atoms with van der Waals surface area (Å²) in [5.74, 6) is -1.10. The maximum absolute atomic E-state index is 13.1. The van der Waals surface area contributed by atoms with Gasteiger partial charge in [0.15, 0.2) is 0 Å². The highest BCUT2D eigenvalue weighted by Gasteiger charge is 2.12. The van der Waals surface area contributed by atoms with Crippen LogP contribution in [0.5, 0.6) is 0 Å². The summed E-state index contributed by atoms with van der Waals surface area (Å²) in [4.78, 5) is 16.8. The van der Waals surface area contributed by atoms with E-state index in [-0.39, 0.29) is 5.69 Å². The number of pyridine rings is 1. The standard InChI is InChI=1S/C16H11FN2OS/c17-15-9-3-7-13(18-15)16(20)19-12-6-2-1-5-11(12)14-8-4-10-21-14/h1-10H,(H,19,20). The van der Waals surface area contributed by atoms with Crippen LogP contribution in [0.4, 0.5) is 10.1 Å². The molecule has 0 saturated carbocycles. The van der Waals surface area contributed by atoms with Gasteiger partial charge >= 0.3 is 0 Å². The third-order valence-electron chi connectivity index (χ3n) is 2.91. The maximum atomic E-state index is 13.1. The second-order valence-corrected chi connectivity index (χ2v) is 5.27. The molecule has 0 radical (unpaired) electrons. The van der Waals surface area contributed by atoms with Crippen LogP contribution in [0.3, 0.4) is 0 Å². The van der Waals surface area contributed by atoms with E-state index in [1.807, 2.05) is 41.8 Å². The van der Waals surface area contributed by atoms with Crippen molar-refractivity contribution in [1.82, 2.24) is 4.98 Å². The molecule has 0 unspecified atom stereocenters. The van der Waals surface area contributed by atoms with E-state index < -0.39 is 11.9 Å². The average molecular weight is 298 g/mol. The van der Waals surface area contributed by atoms with Gasteiger partial charge in [0.1, 0.15) is 5.69 Å². The van der Waals surface area contributed by atoms with E-state index in [2.05, 4.69) is 10.3 Å². The lowest BCUT2D eigenvalue weighted by Gasteiger charge is -2.09. The molecule has 2 heterocycles. The Kier molecular flexibility index (Phi) is 3.75. The number of hydrogen-bond acceptors (Lipinski definition) is 3. The van der Waals surface area contributed by atoms with Gasteiger partial charge in [-0.15, -0.1) is 11.3 Å². The first-order valence-corrected chi connectivity index (χ1v) is 7.19. The molecule has 5 heteroatoms. The molecule has 0 fully saturated rings. The highest BCUT2D eigenvalue weighted by Crippen LogP contribution is 2.31. The molecule has 1 amide bonds. The first-order chi connectivity index (χ1) is 10.2. The first kappa shape index (κ1) is 13.5. The predicted molar refractivity (Wildman–Crippen MR) is 81.9 cm³/mol. The Morgan fingerprint density at radius 3 is 2.67 bits per heavy atom. The molecule has 3 nitrogen and oxygen atoms in total. The van der Waals surface area contributed by atoms with E-state index in [4.69, 9.17) is 0 Å². The summed E-state index contributed by atoms with van der Waals surface area (Å²) < 4.78 is 13.1. The van der Waals surface area contributed by atoms with Crippen LogP contribution in [0.2, 0.25) is 0 Å². The number of nitrogens with one attached hydrogen (secondary N) is 1. The highest BCUT2D eigenvalue weighted by atomic mass is 32.1. The fourth-order valence-corrected chi connectivity index (χ4v) is 2.73. The predicted octanol–water partition coefficient (Wildman–Crippen LogP) is 4.20. The number of carbonyl (C=O) groups is 1. The number of anilines is 1. The van der Waals surface area contributed by atoms with Crippen molar-refractivity contribution in [3.63, 3.8) is 0 Å². The summed E-state index contributed by atoms with van der Waals surface area (Å²) in [6.45, 7) is 0. The van der Waals surface area contributed by atoms with Crippen LogP contribution >= 0.6 is 11.3 Å². The summed E-state index contributed by atoms with van der Waals surface area (Å²) in [7, 11) is 0. The van der Waals surface area contributed by atoms with Gasteiger partial charge in [0.2, 0.25) is 5.95 Å². The highest BCUT2D eigenvalue weighted by molar-refractivity contribution is 7.13. The molecule has 0 atom stereocenters. The number of aromatic nitrogens is 1. The molecule has 21 heavy (non-hydrogen) atoms. The van der Waals surface area contributed by atoms with Gasteiger partial charge < -0.3 is 5.32 Å². The number of carbonyl (C=O) groups excluding carboxylic acids is 1. The lowest BCUT2D eigenvalue weighted by atomic mass is 10.1. The Bertz CT molecular complexity index is 771. The van der Waals surface area contributed by atoms with Gasteiger partial charge in [-0.2, -0.15) is 4.39 Å². The van der Waals surface area contributed by atoms with Crippen molar-refractivity contribution >= 4 is 22.9 Å². The lowest BCUT2D eigenvalue weighted by molar-refractivity contribution is 0.102. The van der Waals surface area contributed by atoms with Crippen molar-refractivity contribution in [3.05, 3.63) is 71.6 Å². The maximum Gasteiger partial charge on any atom is 0.274 e. The summed E-state index contributed by atoms with van der Waals surface area (Å²) in [5, 5.41) is 4.76. The van der Waals surface area contributed by atoms with Crippen LogP contribution in [-0.2, 0) is 0 Å². The molecule has 3 aromatic rings. The van der Waals surface area contributed by atoms with E-state index in [1.54, 1.807) is 11.3 Å². The Hall–Kier alpha value is -2.53. The molecule has 0 aliphatic carbocycles. The summed E-state index contributed by atoms with van der Waals surface area (Å²) in [6.07, 6.45) is 0. The topological polar surface area (TPSA) is 42.0 Å². The van der Waals surface area contributed by atoms with Crippen LogP contribution in [0.1, 0.15) is 10.5 Å². The van der Waals surface area contributed by atoms with E-state index in [9.17, 15) is 9.18 Å². The van der Waals surface area contributed by atoms with Gasteiger partial charge in [-0.25, -0.2) is 4.98 Å². The van der Waals surface area contributed by atoms with Gasteiger partial charge in [0.05, 0.1) is 0 Å². The number of nitrogens with zero attached hydrogens (tertiary/aromatic N) is 1. The minimum absolute atomic E-state index is 0.0518. The molecule has 2 aromatic heterocycles. The number of amides is 1. The molecule has 0 aliphatic heterocycles. The Labute approximate surface area is 125 Å². The molecule has 0 bridgehead atoms. The largest absolute Gasteiger partial charge is 0.320 e. The minimum Gasteiger partial charge on any atom is -0.320 e. The lowest BCUT2D eigenvalue weighted by Crippen LogP contribution is -2.14. The quantitative estimate of drug-likeness (QED) is 0.736. The fourth-order valence-electron chi connectivity index (χ4n) is 1.96. The van der Waals surface area contributed by atoms with Crippen molar-refractivity contribution in [1.29, 1.82) is 0 Å². The SMILES string of the molecule is O=C(Nc1ccccc1-c1cccs1)c1cccc(F)n1. The van der Waals surface area contributed by atoms with Crippen LogP contribution in [-0.4, -0.2) is 10.9 Å². The number of para-hydroxylation sites is 1. The molecule has 3 rings (SSSR count). The van der Waals surface area contributed by atoms with Gasteiger partial charge in [-0.1, -0.05) is 30.3 Å².